The lowest BCUT2D eigenvalue weighted by molar-refractivity contribution is -0.384. The topological polar surface area (TPSA) is 90.9 Å². The van der Waals surface area contributed by atoms with Crippen LogP contribution in [0.5, 0.6) is 11.5 Å². The number of nitrogens with zero attached hydrogens (tertiary/aromatic N) is 2. The van der Waals surface area contributed by atoms with Gasteiger partial charge in [-0.05, 0) is 41.8 Å². The number of rotatable bonds is 7. The molecule has 0 aliphatic carbocycles. The molecule has 0 radical (unpaired) electrons. The fraction of sp³-hybridized carbons (Fsp3) is 0.368. The zero-order valence-corrected chi connectivity index (χ0v) is 14.8. The van der Waals surface area contributed by atoms with Crippen molar-refractivity contribution in [1.82, 2.24) is 4.90 Å². The SMILES string of the molecule is COc1ccc(CN2CC[C@@H](N)C2)cc1OCc1ccc([N+](=O)[O-])cc1. The van der Waals surface area contributed by atoms with E-state index in [1.165, 1.54) is 12.1 Å². The van der Waals surface area contributed by atoms with Crippen molar-refractivity contribution in [2.45, 2.75) is 25.6 Å². The lowest BCUT2D eigenvalue weighted by Crippen LogP contribution is -2.26. The summed E-state index contributed by atoms with van der Waals surface area (Å²) in [4.78, 5) is 12.6. The van der Waals surface area contributed by atoms with Gasteiger partial charge in [0.2, 0.25) is 0 Å². The van der Waals surface area contributed by atoms with Crippen molar-refractivity contribution in [2.75, 3.05) is 20.2 Å². The Bertz CT molecular complexity index is 764. The first-order chi connectivity index (χ1) is 12.5. The van der Waals surface area contributed by atoms with Crippen LogP contribution in [0.4, 0.5) is 5.69 Å². The molecule has 2 N–H and O–H groups in total. The number of hydrogen-bond acceptors (Lipinski definition) is 6. The maximum Gasteiger partial charge on any atom is 0.269 e. The lowest BCUT2D eigenvalue weighted by atomic mass is 10.2. The summed E-state index contributed by atoms with van der Waals surface area (Å²) < 4.78 is 11.3. The van der Waals surface area contributed by atoms with Crippen LogP contribution in [-0.4, -0.2) is 36.1 Å². The van der Waals surface area contributed by atoms with Crippen molar-refractivity contribution >= 4 is 5.69 Å². The molecule has 1 aliphatic rings. The van der Waals surface area contributed by atoms with Crippen LogP contribution in [0.3, 0.4) is 0 Å². The van der Waals surface area contributed by atoms with E-state index in [4.69, 9.17) is 15.2 Å². The molecule has 2 aromatic rings. The third kappa shape index (κ3) is 4.50. The van der Waals surface area contributed by atoms with E-state index in [2.05, 4.69) is 4.90 Å². The molecule has 1 fully saturated rings. The second kappa shape index (κ2) is 8.16. The molecule has 0 spiro atoms. The van der Waals surface area contributed by atoms with Crippen molar-refractivity contribution in [2.24, 2.45) is 5.73 Å². The Hall–Kier alpha value is -2.64. The van der Waals surface area contributed by atoms with Crippen molar-refractivity contribution in [3.63, 3.8) is 0 Å². The number of nitrogens with two attached hydrogens (primary N) is 1. The zero-order chi connectivity index (χ0) is 18.5. The molecule has 0 bridgehead atoms. The molecule has 2 aromatic carbocycles. The Morgan fingerprint density at radius 1 is 1.19 bits per heavy atom. The Kier molecular flexibility index (Phi) is 5.70. The van der Waals surface area contributed by atoms with Crippen LogP contribution in [0.2, 0.25) is 0 Å². The van der Waals surface area contributed by atoms with Crippen LogP contribution in [0, 0.1) is 10.1 Å². The summed E-state index contributed by atoms with van der Waals surface area (Å²) >= 11 is 0. The molecule has 1 atom stereocenters. The van der Waals surface area contributed by atoms with Crippen molar-refractivity contribution in [3.8, 4) is 11.5 Å². The summed E-state index contributed by atoms with van der Waals surface area (Å²) in [6.07, 6.45) is 1.03. The number of ether oxygens (including phenoxy) is 2. The first-order valence-corrected chi connectivity index (χ1v) is 8.56. The summed E-state index contributed by atoms with van der Waals surface area (Å²) in [6, 6.07) is 12.5. The molecule has 7 heteroatoms. The molecular formula is C19H23N3O4. The Morgan fingerprint density at radius 3 is 2.54 bits per heavy atom. The number of likely N-dealkylation sites (tertiary alicyclic amines) is 1. The van der Waals surface area contributed by atoms with E-state index in [0.29, 0.717) is 18.1 Å². The minimum absolute atomic E-state index is 0.0668. The molecule has 138 valence electrons. The number of benzene rings is 2. The Balaban J connectivity index is 1.67. The van der Waals surface area contributed by atoms with Crippen molar-refractivity contribution < 1.29 is 14.4 Å². The second-order valence-electron chi connectivity index (χ2n) is 6.48. The summed E-state index contributed by atoms with van der Waals surface area (Å²) in [5, 5.41) is 10.7. The van der Waals surface area contributed by atoms with Gasteiger partial charge in [0, 0.05) is 37.8 Å². The van der Waals surface area contributed by atoms with Gasteiger partial charge in [-0.15, -0.1) is 0 Å². The van der Waals surface area contributed by atoms with Crippen LogP contribution in [0.15, 0.2) is 42.5 Å². The number of nitro benzene ring substituents is 1. The van der Waals surface area contributed by atoms with Gasteiger partial charge in [-0.1, -0.05) is 6.07 Å². The number of nitro groups is 1. The lowest BCUT2D eigenvalue weighted by Gasteiger charge is -2.17. The summed E-state index contributed by atoms with van der Waals surface area (Å²) in [5.41, 5.74) is 8.03. The molecule has 7 nitrogen and oxygen atoms in total. The fourth-order valence-corrected chi connectivity index (χ4v) is 3.07. The molecule has 26 heavy (non-hydrogen) atoms. The minimum atomic E-state index is -0.415. The third-order valence-corrected chi connectivity index (χ3v) is 4.48. The standard InChI is InChI=1S/C19H23N3O4/c1-25-18-7-4-15(11-21-9-8-16(20)12-21)10-19(18)26-13-14-2-5-17(6-3-14)22(23)24/h2-7,10,16H,8-9,11-13,20H2,1H3/t16-/m1/s1. The van der Waals surface area contributed by atoms with E-state index >= 15 is 0 Å². The molecule has 0 amide bonds. The van der Waals surface area contributed by atoms with Gasteiger partial charge < -0.3 is 15.2 Å². The van der Waals surface area contributed by atoms with Gasteiger partial charge in [0.05, 0.1) is 12.0 Å². The quantitative estimate of drug-likeness (QED) is 0.605. The Labute approximate surface area is 152 Å². The van der Waals surface area contributed by atoms with E-state index < -0.39 is 4.92 Å². The number of methoxy groups -OCH3 is 1. The first kappa shape index (κ1) is 18.2. The molecule has 0 saturated carbocycles. The fourth-order valence-electron chi connectivity index (χ4n) is 3.07. The van der Waals surface area contributed by atoms with Crippen LogP contribution >= 0.6 is 0 Å². The highest BCUT2D eigenvalue weighted by Gasteiger charge is 2.19. The molecule has 3 rings (SSSR count). The zero-order valence-electron chi connectivity index (χ0n) is 14.8. The van der Waals surface area contributed by atoms with Gasteiger partial charge in [-0.2, -0.15) is 0 Å². The monoisotopic (exact) mass is 357 g/mol. The van der Waals surface area contributed by atoms with E-state index in [1.807, 2.05) is 18.2 Å². The second-order valence-corrected chi connectivity index (χ2v) is 6.48. The summed E-state index contributed by atoms with van der Waals surface area (Å²) in [7, 11) is 1.60. The Morgan fingerprint density at radius 2 is 1.92 bits per heavy atom. The van der Waals surface area contributed by atoms with Gasteiger partial charge in [-0.3, -0.25) is 15.0 Å². The predicted octanol–water partition coefficient (Wildman–Crippen LogP) is 2.72. The summed E-state index contributed by atoms with van der Waals surface area (Å²) in [6.45, 7) is 3.05. The van der Waals surface area contributed by atoms with Gasteiger partial charge >= 0.3 is 0 Å². The average molecular weight is 357 g/mol. The highest BCUT2D eigenvalue weighted by atomic mass is 16.6. The average Bonchev–Trinajstić information content (AvgIpc) is 3.05. The van der Waals surface area contributed by atoms with Crippen LogP contribution in [-0.2, 0) is 13.2 Å². The predicted molar refractivity (Wildman–Crippen MR) is 98.3 cm³/mol. The minimum Gasteiger partial charge on any atom is -0.493 e. The number of hydrogen-bond donors (Lipinski definition) is 1. The van der Waals surface area contributed by atoms with E-state index in [0.717, 1.165) is 37.2 Å². The molecule has 1 heterocycles. The van der Waals surface area contributed by atoms with Crippen molar-refractivity contribution in [1.29, 1.82) is 0 Å². The first-order valence-electron chi connectivity index (χ1n) is 8.56. The highest BCUT2D eigenvalue weighted by molar-refractivity contribution is 5.43. The van der Waals surface area contributed by atoms with E-state index in [9.17, 15) is 10.1 Å². The van der Waals surface area contributed by atoms with E-state index in [-0.39, 0.29) is 11.7 Å². The molecular weight excluding hydrogens is 334 g/mol. The van der Waals surface area contributed by atoms with E-state index in [1.54, 1.807) is 19.2 Å². The summed E-state index contributed by atoms with van der Waals surface area (Å²) in [5.74, 6) is 1.32. The van der Waals surface area contributed by atoms with Gasteiger partial charge in [0.15, 0.2) is 11.5 Å². The van der Waals surface area contributed by atoms with Gasteiger partial charge in [0.1, 0.15) is 6.61 Å². The smallest absolute Gasteiger partial charge is 0.269 e. The van der Waals surface area contributed by atoms with Crippen molar-refractivity contribution in [3.05, 3.63) is 63.7 Å². The third-order valence-electron chi connectivity index (χ3n) is 4.48. The maximum atomic E-state index is 10.7. The highest BCUT2D eigenvalue weighted by Crippen LogP contribution is 2.30. The van der Waals surface area contributed by atoms with Gasteiger partial charge in [0.25, 0.3) is 5.69 Å². The number of non-ortho nitro benzene ring substituents is 1. The molecule has 0 unspecified atom stereocenters. The van der Waals surface area contributed by atoms with Crippen LogP contribution in [0.1, 0.15) is 17.5 Å². The largest absolute Gasteiger partial charge is 0.493 e. The van der Waals surface area contributed by atoms with Crippen LogP contribution in [0.25, 0.3) is 0 Å². The molecule has 1 saturated heterocycles. The van der Waals surface area contributed by atoms with Crippen LogP contribution < -0.4 is 15.2 Å². The normalized spacial score (nSPS) is 17.2. The molecule has 0 aromatic heterocycles. The van der Waals surface area contributed by atoms with Gasteiger partial charge in [-0.25, -0.2) is 0 Å². The maximum absolute atomic E-state index is 10.7. The molecule has 1 aliphatic heterocycles.